The topological polar surface area (TPSA) is 52.6 Å². The second-order valence-electron chi connectivity index (χ2n) is 4.75. The van der Waals surface area contributed by atoms with Crippen molar-refractivity contribution < 1.29 is 17.9 Å². The summed E-state index contributed by atoms with van der Waals surface area (Å²) < 4.78 is 34.0. The van der Waals surface area contributed by atoms with E-state index in [0.29, 0.717) is 30.4 Å². The normalized spacial score (nSPS) is 11.2. The zero-order valence-corrected chi connectivity index (χ0v) is 13.7. The van der Waals surface area contributed by atoms with E-state index < -0.39 is 9.84 Å². The van der Waals surface area contributed by atoms with Gasteiger partial charge in [-0.2, -0.15) is 0 Å². The highest BCUT2D eigenvalue weighted by atomic mass is 35.5. The van der Waals surface area contributed by atoms with E-state index in [2.05, 4.69) is 0 Å². The summed E-state index contributed by atoms with van der Waals surface area (Å²) in [5, 5.41) is 0.668. The maximum Gasteiger partial charge on any atom is 0.175 e. The van der Waals surface area contributed by atoms with Crippen molar-refractivity contribution in [1.82, 2.24) is 0 Å². The van der Waals surface area contributed by atoms with Gasteiger partial charge in [0.25, 0.3) is 0 Å². The van der Waals surface area contributed by atoms with Gasteiger partial charge >= 0.3 is 0 Å². The van der Waals surface area contributed by atoms with Crippen LogP contribution in [0.15, 0.2) is 53.4 Å². The molecule has 118 valence electrons. The van der Waals surface area contributed by atoms with Crippen LogP contribution in [-0.2, 0) is 9.84 Å². The first-order valence-electron chi connectivity index (χ1n) is 6.76. The van der Waals surface area contributed by atoms with Gasteiger partial charge in [0, 0.05) is 17.7 Å². The van der Waals surface area contributed by atoms with Crippen LogP contribution >= 0.6 is 11.6 Å². The Morgan fingerprint density at radius 2 is 1.59 bits per heavy atom. The molecule has 0 radical (unpaired) electrons. The highest BCUT2D eigenvalue weighted by Gasteiger charge is 2.07. The third-order valence-corrected chi connectivity index (χ3v) is 4.24. The minimum absolute atomic E-state index is 0.252. The first kappa shape index (κ1) is 16.6. The summed E-state index contributed by atoms with van der Waals surface area (Å²) in [7, 11) is -3.22. The van der Waals surface area contributed by atoms with E-state index >= 15 is 0 Å². The molecule has 0 spiro atoms. The molecule has 0 aliphatic carbocycles. The lowest BCUT2D eigenvalue weighted by Crippen LogP contribution is -2.05. The van der Waals surface area contributed by atoms with Crippen LogP contribution in [0.5, 0.6) is 11.5 Å². The third-order valence-electron chi connectivity index (χ3n) is 2.87. The standard InChI is InChI=1S/C16H17ClO4S/c1-22(18,19)16-5-2-4-15(12-16)21-11-3-10-20-14-8-6-13(17)7-9-14/h2,4-9,12H,3,10-11H2,1H3. The summed E-state index contributed by atoms with van der Waals surface area (Å²) in [6.45, 7) is 0.953. The van der Waals surface area contributed by atoms with Crippen molar-refractivity contribution in [2.24, 2.45) is 0 Å². The monoisotopic (exact) mass is 340 g/mol. The number of benzene rings is 2. The Morgan fingerprint density at radius 1 is 0.955 bits per heavy atom. The SMILES string of the molecule is CS(=O)(=O)c1cccc(OCCCOc2ccc(Cl)cc2)c1. The Labute approximate surface area is 135 Å². The molecule has 0 unspecified atom stereocenters. The van der Waals surface area contributed by atoms with Crippen LogP contribution in [0.1, 0.15) is 6.42 Å². The van der Waals surface area contributed by atoms with Crippen molar-refractivity contribution >= 4 is 21.4 Å². The maximum atomic E-state index is 11.5. The van der Waals surface area contributed by atoms with Crippen molar-refractivity contribution in [3.05, 3.63) is 53.6 Å². The Morgan fingerprint density at radius 3 is 2.23 bits per heavy atom. The predicted molar refractivity (Wildman–Crippen MR) is 86.6 cm³/mol. The van der Waals surface area contributed by atoms with Gasteiger partial charge in [0.05, 0.1) is 18.1 Å². The molecule has 22 heavy (non-hydrogen) atoms. The van der Waals surface area contributed by atoms with Crippen molar-refractivity contribution in [3.8, 4) is 11.5 Å². The number of sulfone groups is 1. The largest absolute Gasteiger partial charge is 0.493 e. The quantitative estimate of drug-likeness (QED) is 0.723. The molecular formula is C16H17ClO4S. The van der Waals surface area contributed by atoms with E-state index in [1.807, 2.05) is 0 Å². The predicted octanol–water partition coefficient (Wildman–Crippen LogP) is 3.59. The molecule has 2 aromatic carbocycles. The number of halogens is 1. The lowest BCUT2D eigenvalue weighted by atomic mass is 10.3. The average Bonchev–Trinajstić information content (AvgIpc) is 2.48. The van der Waals surface area contributed by atoms with Gasteiger partial charge in [-0.1, -0.05) is 17.7 Å². The molecule has 0 atom stereocenters. The van der Waals surface area contributed by atoms with E-state index in [9.17, 15) is 8.42 Å². The van der Waals surface area contributed by atoms with Crippen LogP contribution in [0.4, 0.5) is 0 Å². The molecular weight excluding hydrogens is 324 g/mol. The summed E-state index contributed by atoms with van der Waals surface area (Å²) in [5.41, 5.74) is 0. The van der Waals surface area contributed by atoms with Gasteiger partial charge in [-0.3, -0.25) is 0 Å². The van der Waals surface area contributed by atoms with Crippen molar-refractivity contribution in [2.45, 2.75) is 11.3 Å². The number of ether oxygens (including phenoxy) is 2. The highest BCUT2D eigenvalue weighted by Crippen LogP contribution is 2.18. The van der Waals surface area contributed by atoms with Gasteiger partial charge in [-0.25, -0.2) is 8.42 Å². The fraction of sp³-hybridized carbons (Fsp3) is 0.250. The smallest absolute Gasteiger partial charge is 0.175 e. The molecule has 0 bridgehead atoms. The van der Waals surface area contributed by atoms with Crippen LogP contribution < -0.4 is 9.47 Å². The molecule has 2 aromatic rings. The van der Waals surface area contributed by atoms with Crippen LogP contribution in [-0.4, -0.2) is 27.9 Å². The van der Waals surface area contributed by atoms with Crippen LogP contribution in [0.25, 0.3) is 0 Å². The van der Waals surface area contributed by atoms with E-state index in [0.717, 1.165) is 5.75 Å². The molecule has 6 heteroatoms. The van der Waals surface area contributed by atoms with Gasteiger partial charge in [0.2, 0.25) is 0 Å². The minimum atomic E-state index is -3.22. The Hall–Kier alpha value is -1.72. The number of hydrogen-bond acceptors (Lipinski definition) is 4. The molecule has 0 saturated carbocycles. The second kappa shape index (κ2) is 7.51. The first-order valence-corrected chi connectivity index (χ1v) is 9.03. The Balaban J connectivity index is 1.76. The molecule has 4 nitrogen and oxygen atoms in total. The molecule has 0 amide bonds. The van der Waals surface area contributed by atoms with Gasteiger partial charge in [0.15, 0.2) is 9.84 Å². The molecule has 0 aliphatic heterocycles. The van der Waals surface area contributed by atoms with Crippen LogP contribution in [0, 0.1) is 0 Å². The zero-order valence-electron chi connectivity index (χ0n) is 12.2. The minimum Gasteiger partial charge on any atom is -0.493 e. The van der Waals surface area contributed by atoms with Crippen LogP contribution in [0.2, 0.25) is 5.02 Å². The van der Waals surface area contributed by atoms with Crippen LogP contribution in [0.3, 0.4) is 0 Å². The van der Waals surface area contributed by atoms with E-state index in [1.165, 1.54) is 12.3 Å². The molecule has 0 heterocycles. The number of hydrogen-bond donors (Lipinski definition) is 0. The molecule has 0 aliphatic rings. The maximum absolute atomic E-state index is 11.5. The first-order chi connectivity index (χ1) is 10.4. The zero-order chi connectivity index (χ0) is 16.0. The number of rotatable bonds is 7. The lowest BCUT2D eigenvalue weighted by molar-refractivity contribution is 0.247. The van der Waals surface area contributed by atoms with Crippen molar-refractivity contribution in [3.63, 3.8) is 0 Å². The van der Waals surface area contributed by atoms with E-state index in [1.54, 1.807) is 42.5 Å². The summed E-state index contributed by atoms with van der Waals surface area (Å²) >= 11 is 5.79. The van der Waals surface area contributed by atoms with Gasteiger partial charge in [-0.15, -0.1) is 0 Å². The molecule has 0 saturated heterocycles. The Bertz CT molecular complexity index is 711. The third kappa shape index (κ3) is 5.24. The summed E-state index contributed by atoms with van der Waals surface area (Å²) in [4.78, 5) is 0.252. The van der Waals surface area contributed by atoms with Gasteiger partial charge < -0.3 is 9.47 Å². The second-order valence-corrected chi connectivity index (χ2v) is 7.20. The summed E-state index contributed by atoms with van der Waals surface area (Å²) in [6.07, 6.45) is 1.86. The molecule has 0 N–H and O–H groups in total. The molecule has 0 aromatic heterocycles. The van der Waals surface area contributed by atoms with E-state index in [-0.39, 0.29) is 4.90 Å². The fourth-order valence-corrected chi connectivity index (χ4v) is 2.55. The lowest BCUT2D eigenvalue weighted by Gasteiger charge is -2.09. The molecule has 0 fully saturated rings. The van der Waals surface area contributed by atoms with Gasteiger partial charge in [0.1, 0.15) is 11.5 Å². The summed E-state index contributed by atoms with van der Waals surface area (Å²) in [6, 6.07) is 13.6. The fourth-order valence-electron chi connectivity index (χ4n) is 1.76. The van der Waals surface area contributed by atoms with E-state index in [4.69, 9.17) is 21.1 Å². The highest BCUT2D eigenvalue weighted by molar-refractivity contribution is 7.90. The van der Waals surface area contributed by atoms with Gasteiger partial charge in [-0.05, 0) is 42.5 Å². The average molecular weight is 341 g/mol. The Kier molecular flexibility index (Phi) is 5.69. The van der Waals surface area contributed by atoms with Crippen molar-refractivity contribution in [1.29, 1.82) is 0 Å². The van der Waals surface area contributed by atoms with Crippen molar-refractivity contribution in [2.75, 3.05) is 19.5 Å². The molecule has 2 rings (SSSR count). The summed E-state index contributed by atoms with van der Waals surface area (Å²) in [5.74, 6) is 1.29.